The summed E-state index contributed by atoms with van der Waals surface area (Å²) in [7, 11) is 0. The maximum atomic E-state index is 3.71. The third-order valence-corrected chi connectivity index (χ3v) is 4.72. The van der Waals surface area contributed by atoms with Crippen LogP contribution in [-0.2, 0) is 6.54 Å². The number of fused-ring (bicyclic) bond motifs is 1. The molecular weight excluding hydrogens is 290 g/mol. The molecule has 1 aliphatic rings. The Bertz CT molecular complexity index is 555. The Kier molecular flexibility index (Phi) is 3.41. The molecule has 3 rings (SSSR count). The van der Waals surface area contributed by atoms with Crippen molar-refractivity contribution >= 4 is 21.4 Å². The second-order valence-corrected chi connectivity index (χ2v) is 5.66. The number of hydrogen-bond acceptors (Lipinski definition) is 2. The predicted molar refractivity (Wildman–Crippen MR) is 78.0 cm³/mol. The lowest BCUT2D eigenvalue weighted by Gasteiger charge is -2.27. The first-order valence-corrected chi connectivity index (χ1v) is 7.24. The SMILES string of the molecule is Cc1c(Br)c2ccccn2c1CN1CCNCC1. The first-order valence-electron chi connectivity index (χ1n) is 6.44. The third-order valence-electron chi connectivity index (χ3n) is 3.72. The summed E-state index contributed by atoms with van der Waals surface area (Å²) >= 11 is 3.71. The molecule has 0 atom stereocenters. The molecule has 4 heteroatoms. The Balaban J connectivity index is 1.97. The van der Waals surface area contributed by atoms with E-state index in [0.29, 0.717) is 0 Å². The van der Waals surface area contributed by atoms with E-state index in [2.05, 4.69) is 61.9 Å². The van der Waals surface area contributed by atoms with Crippen LogP contribution in [0.3, 0.4) is 0 Å². The number of pyridine rings is 1. The first kappa shape index (κ1) is 12.2. The maximum absolute atomic E-state index is 3.71. The van der Waals surface area contributed by atoms with Gasteiger partial charge >= 0.3 is 0 Å². The lowest BCUT2D eigenvalue weighted by Crippen LogP contribution is -2.43. The second-order valence-electron chi connectivity index (χ2n) is 4.87. The highest BCUT2D eigenvalue weighted by molar-refractivity contribution is 9.10. The zero-order valence-corrected chi connectivity index (χ0v) is 12.2. The smallest absolute Gasteiger partial charge is 0.0598 e. The van der Waals surface area contributed by atoms with Crippen molar-refractivity contribution in [1.29, 1.82) is 0 Å². The zero-order chi connectivity index (χ0) is 12.5. The van der Waals surface area contributed by atoms with Crippen LogP contribution in [0.15, 0.2) is 28.9 Å². The molecule has 3 nitrogen and oxygen atoms in total. The molecular formula is C14H18BrN3. The minimum absolute atomic E-state index is 1.03. The van der Waals surface area contributed by atoms with Gasteiger partial charge < -0.3 is 9.72 Å². The summed E-state index contributed by atoms with van der Waals surface area (Å²) in [5.41, 5.74) is 4.03. The van der Waals surface area contributed by atoms with Gasteiger partial charge in [-0.2, -0.15) is 0 Å². The van der Waals surface area contributed by atoms with Crippen LogP contribution in [0.5, 0.6) is 0 Å². The number of hydrogen-bond donors (Lipinski definition) is 1. The van der Waals surface area contributed by atoms with Crippen LogP contribution in [0.2, 0.25) is 0 Å². The Labute approximate surface area is 116 Å². The molecule has 0 amide bonds. The average molecular weight is 308 g/mol. The van der Waals surface area contributed by atoms with Crippen LogP contribution in [0.1, 0.15) is 11.3 Å². The number of nitrogens with zero attached hydrogens (tertiary/aromatic N) is 2. The Morgan fingerprint density at radius 2 is 2.06 bits per heavy atom. The maximum Gasteiger partial charge on any atom is 0.0598 e. The summed E-state index contributed by atoms with van der Waals surface area (Å²) in [5, 5.41) is 3.40. The highest BCUT2D eigenvalue weighted by atomic mass is 79.9. The van der Waals surface area contributed by atoms with Crippen LogP contribution in [0, 0.1) is 6.92 Å². The molecule has 18 heavy (non-hydrogen) atoms. The van der Waals surface area contributed by atoms with Gasteiger partial charge in [0.2, 0.25) is 0 Å². The van der Waals surface area contributed by atoms with Crippen LogP contribution >= 0.6 is 15.9 Å². The number of aromatic nitrogens is 1. The lowest BCUT2D eigenvalue weighted by molar-refractivity contribution is 0.230. The average Bonchev–Trinajstić information content (AvgIpc) is 2.66. The Morgan fingerprint density at radius 1 is 1.28 bits per heavy atom. The van der Waals surface area contributed by atoms with Crippen molar-refractivity contribution in [2.24, 2.45) is 0 Å². The number of nitrogens with one attached hydrogen (secondary N) is 1. The molecule has 0 saturated carbocycles. The van der Waals surface area contributed by atoms with Gasteiger partial charge in [0.25, 0.3) is 0 Å². The van der Waals surface area contributed by atoms with E-state index in [1.165, 1.54) is 21.2 Å². The predicted octanol–water partition coefficient (Wildman–Crippen LogP) is 2.42. The van der Waals surface area contributed by atoms with E-state index < -0.39 is 0 Å². The van der Waals surface area contributed by atoms with Gasteiger partial charge in [-0.25, -0.2) is 0 Å². The number of rotatable bonds is 2. The molecule has 96 valence electrons. The summed E-state index contributed by atoms with van der Waals surface area (Å²) in [6.45, 7) is 7.71. The molecule has 0 spiro atoms. The van der Waals surface area contributed by atoms with Crippen molar-refractivity contribution in [2.45, 2.75) is 13.5 Å². The van der Waals surface area contributed by atoms with Gasteiger partial charge in [0, 0.05) is 49.1 Å². The van der Waals surface area contributed by atoms with E-state index in [9.17, 15) is 0 Å². The van der Waals surface area contributed by atoms with Crippen LogP contribution < -0.4 is 5.32 Å². The van der Waals surface area contributed by atoms with Crippen molar-refractivity contribution < 1.29 is 0 Å². The van der Waals surface area contributed by atoms with Crippen molar-refractivity contribution in [2.75, 3.05) is 26.2 Å². The summed E-state index contributed by atoms with van der Waals surface area (Å²) in [6.07, 6.45) is 2.16. The van der Waals surface area contributed by atoms with Crippen molar-refractivity contribution in [1.82, 2.24) is 14.6 Å². The zero-order valence-electron chi connectivity index (χ0n) is 10.6. The van der Waals surface area contributed by atoms with Crippen LogP contribution in [0.25, 0.3) is 5.52 Å². The van der Waals surface area contributed by atoms with Crippen molar-refractivity contribution in [3.63, 3.8) is 0 Å². The van der Waals surface area contributed by atoms with Gasteiger partial charge in [-0.05, 0) is 40.5 Å². The fourth-order valence-electron chi connectivity index (χ4n) is 2.63. The molecule has 1 aliphatic heterocycles. The fourth-order valence-corrected chi connectivity index (χ4v) is 3.18. The molecule has 3 heterocycles. The van der Waals surface area contributed by atoms with E-state index in [0.717, 1.165) is 32.7 Å². The van der Waals surface area contributed by atoms with Gasteiger partial charge in [-0.1, -0.05) is 6.07 Å². The number of halogens is 1. The van der Waals surface area contributed by atoms with Crippen molar-refractivity contribution in [3.8, 4) is 0 Å². The Hall–Kier alpha value is -0.840. The van der Waals surface area contributed by atoms with Gasteiger partial charge in [0.1, 0.15) is 0 Å². The van der Waals surface area contributed by atoms with Crippen LogP contribution in [0.4, 0.5) is 0 Å². The number of piperazine rings is 1. The summed E-state index contributed by atoms with van der Waals surface area (Å²) in [4.78, 5) is 2.52. The van der Waals surface area contributed by atoms with E-state index >= 15 is 0 Å². The molecule has 0 aliphatic carbocycles. The molecule has 0 aromatic carbocycles. The highest BCUT2D eigenvalue weighted by Crippen LogP contribution is 2.29. The van der Waals surface area contributed by atoms with Gasteiger partial charge in [-0.3, -0.25) is 4.90 Å². The molecule has 0 bridgehead atoms. The summed E-state index contributed by atoms with van der Waals surface area (Å²) < 4.78 is 3.54. The van der Waals surface area contributed by atoms with Crippen molar-refractivity contribution in [3.05, 3.63) is 40.1 Å². The topological polar surface area (TPSA) is 19.7 Å². The second kappa shape index (κ2) is 5.03. The van der Waals surface area contributed by atoms with E-state index in [1.54, 1.807) is 0 Å². The van der Waals surface area contributed by atoms with Gasteiger partial charge in [0.15, 0.2) is 0 Å². The standard InChI is InChI=1S/C14H18BrN3/c1-11-13(10-17-8-5-16-6-9-17)18-7-3-2-4-12(18)14(11)15/h2-4,7,16H,5-6,8-10H2,1H3. The molecule has 2 aromatic rings. The van der Waals surface area contributed by atoms with Gasteiger partial charge in [-0.15, -0.1) is 0 Å². The molecule has 1 saturated heterocycles. The van der Waals surface area contributed by atoms with Crippen LogP contribution in [-0.4, -0.2) is 35.5 Å². The molecule has 0 unspecified atom stereocenters. The summed E-state index contributed by atoms with van der Waals surface area (Å²) in [5.74, 6) is 0. The van der Waals surface area contributed by atoms with E-state index in [-0.39, 0.29) is 0 Å². The lowest BCUT2D eigenvalue weighted by atomic mass is 10.2. The fraction of sp³-hybridized carbons (Fsp3) is 0.429. The quantitative estimate of drug-likeness (QED) is 0.919. The minimum Gasteiger partial charge on any atom is -0.318 e. The molecule has 1 N–H and O–H groups in total. The minimum atomic E-state index is 1.03. The molecule has 0 radical (unpaired) electrons. The van der Waals surface area contributed by atoms with E-state index in [4.69, 9.17) is 0 Å². The third kappa shape index (κ3) is 2.09. The molecule has 1 fully saturated rings. The highest BCUT2D eigenvalue weighted by Gasteiger charge is 2.16. The van der Waals surface area contributed by atoms with E-state index in [1.807, 2.05) is 0 Å². The normalized spacial score (nSPS) is 17.4. The Morgan fingerprint density at radius 3 is 2.83 bits per heavy atom. The first-order chi connectivity index (χ1) is 8.77. The van der Waals surface area contributed by atoms with Gasteiger partial charge in [0.05, 0.1) is 5.52 Å². The summed E-state index contributed by atoms with van der Waals surface area (Å²) in [6, 6.07) is 6.35. The molecule has 2 aromatic heterocycles. The monoisotopic (exact) mass is 307 g/mol. The largest absolute Gasteiger partial charge is 0.318 e.